The molecule has 5 rings (SSSR count). The number of aliphatic hydroxyl groups is 3. The van der Waals surface area contributed by atoms with E-state index in [0.717, 1.165) is 12.5 Å². The summed E-state index contributed by atoms with van der Waals surface area (Å²) in [6, 6.07) is 6.95. The maximum absolute atomic E-state index is 13.5. The Balaban J connectivity index is 1.16. The molecular formula is C34H43N9O11. The minimum atomic E-state index is -1.66. The highest BCUT2D eigenvalue weighted by atomic mass is 16.7. The summed E-state index contributed by atoms with van der Waals surface area (Å²) in [4.78, 5) is 65.0. The molecule has 6 atom stereocenters. The van der Waals surface area contributed by atoms with Gasteiger partial charge < -0.3 is 49.1 Å². The predicted molar refractivity (Wildman–Crippen MR) is 188 cm³/mol. The van der Waals surface area contributed by atoms with Gasteiger partial charge in [-0.15, -0.1) is 0 Å². The van der Waals surface area contributed by atoms with E-state index < -0.39 is 47.3 Å². The number of nitrogens with zero attached hydrogens (tertiary/aromatic N) is 9. The third-order valence-corrected chi connectivity index (χ3v) is 9.69. The van der Waals surface area contributed by atoms with Gasteiger partial charge in [-0.3, -0.25) is 19.5 Å². The van der Waals surface area contributed by atoms with E-state index in [-0.39, 0.29) is 61.9 Å². The lowest BCUT2D eigenvalue weighted by atomic mass is 9.92. The number of nitriles is 1. The van der Waals surface area contributed by atoms with Crippen molar-refractivity contribution in [2.75, 3.05) is 58.8 Å². The molecule has 20 heteroatoms. The van der Waals surface area contributed by atoms with Gasteiger partial charge in [0.15, 0.2) is 11.4 Å². The topological polar surface area (TPSA) is 250 Å². The summed E-state index contributed by atoms with van der Waals surface area (Å²) >= 11 is 0. The molecule has 0 aliphatic carbocycles. The lowest BCUT2D eigenvalue weighted by Gasteiger charge is -2.42. The number of fused-ring (bicyclic) bond motifs is 1. The maximum Gasteiger partial charge on any atom is 0.409 e. The van der Waals surface area contributed by atoms with Crippen molar-refractivity contribution in [3.8, 4) is 11.8 Å². The molecule has 3 N–H and O–H groups in total. The summed E-state index contributed by atoms with van der Waals surface area (Å²) < 4.78 is 17.3. The first-order chi connectivity index (χ1) is 25.7. The number of amides is 3. The number of hydrogen-bond donors (Lipinski definition) is 3. The first-order valence-electron chi connectivity index (χ1n) is 17.1. The first-order valence-corrected chi connectivity index (χ1v) is 17.1. The lowest BCUT2D eigenvalue weighted by molar-refractivity contribution is -0.386. The van der Waals surface area contributed by atoms with Crippen LogP contribution >= 0.6 is 0 Å². The summed E-state index contributed by atoms with van der Waals surface area (Å²) in [5, 5.41) is 51.0. The van der Waals surface area contributed by atoms with Crippen LogP contribution < -0.4 is 9.64 Å². The number of carbonyl (C=O) groups excluding carboxylic acids is 3. The normalized spacial score (nSPS) is 22.6. The fraction of sp³-hybridized carbons (Fsp3) is 0.529. The van der Waals surface area contributed by atoms with Gasteiger partial charge in [-0.2, -0.15) is 5.26 Å². The molecule has 2 aliphatic heterocycles. The molecule has 2 aromatic heterocycles. The molecular weight excluding hydrogens is 710 g/mol. The Morgan fingerprint density at radius 3 is 2.57 bits per heavy atom. The molecule has 3 amide bonds. The number of ether oxygens (including phenoxy) is 3. The molecule has 0 spiro atoms. The minimum absolute atomic E-state index is 0.0798. The van der Waals surface area contributed by atoms with E-state index in [1.54, 1.807) is 24.2 Å². The van der Waals surface area contributed by atoms with E-state index in [0.29, 0.717) is 29.9 Å². The van der Waals surface area contributed by atoms with Gasteiger partial charge in [0.1, 0.15) is 43.5 Å². The molecule has 0 radical (unpaired) electrons. The van der Waals surface area contributed by atoms with Crippen LogP contribution in [0.15, 0.2) is 36.8 Å². The zero-order chi connectivity index (χ0) is 39.3. The second kappa shape index (κ2) is 17.0. The van der Waals surface area contributed by atoms with E-state index in [2.05, 4.69) is 16.9 Å². The zero-order valence-electron chi connectivity index (χ0n) is 30.2. The number of likely N-dealkylation sites (tertiary alicyclic amines) is 1. The van der Waals surface area contributed by atoms with Gasteiger partial charge in [0.05, 0.1) is 29.0 Å². The predicted octanol–water partition coefficient (Wildman–Crippen LogP) is 0.913. The molecule has 290 valence electrons. The number of aromatic nitrogens is 3. The Morgan fingerprint density at radius 2 is 1.85 bits per heavy atom. The van der Waals surface area contributed by atoms with E-state index in [1.807, 2.05) is 18.0 Å². The van der Waals surface area contributed by atoms with Crippen molar-refractivity contribution in [1.82, 2.24) is 29.2 Å². The van der Waals surface area contributed by atoms with E-state index >= 15 is 0 Å². The number of nitro groups is 1. The third-order valence-electron chi connectivity index (χ3n) is 9.69. The SMILES string of the molecule is C[C@@H]1CCN(C(=O)CC#N)C[C@@H]1N(C)c1ncnc2c1ccn2C(=O)N(C)CCN(C)C(=O)OCc1ccc(O[C@@H]2OC[C@@H](O)[C@H](O)[C@H]2O)c([N+](=O)[O-])c1. The van der Waals surface area contributed by atoms with E-state index in [9.17, 15) is 39.8 Å². The largest absolute Gasteiger partial charge is 0.455 e. The molecule has 0 saturated carbocycles. The van der Waals surface area contributed by atoms with Crippen LogP contribution in [0.3, 0.4) is 0 Å². The highest BCUT2D eigenvalue weighted by Gasteiger charge is 2.40. The molecule has 20 nitrogen and oxygen atoms in total. The summed E-state index contributed by atoms with van der Waals surface area (Å²) in [5.74, 6) is 0.341. The molecule has 0 unspecified atom stereocenters. The Bertz CT molecular complexity index is 1900. The van der Waals surface area contributed by atoms with Gasteiger partial charge in [0.25, 0.3) is 0 Å². The van der Waals surface area contributed by atoms with E-state index in [4.69, 9.17) is 19.5 Å². The average Bonchev–Trinajstić information content (AvgIpc) is 3.60. The highest BCUT2D eigenvalue weighted by Crippen LogP contribution is 2.32. The number of nitro benzene ring substituents is 1. The van der Waals surface area contributed by atoms with Gasteiger partial charge in [0.2, 0.25) is 12.2 Å². The molecule has 4 heterocycles. The number of piperidine rings is 1. The summed E-state index contributed by atoms with van der Waals surface area (Å²) in [6.45, 7) is 2.64. The Morgan fingerprint density at radius 1 is 1.11 bits per heavy atom. The molecule has 2 aliphatic rings. The van der Waals surface area contributed by atoms with Crippen LogP contribution in [-0.2, 0) is 20.9 Å². The van der Waals surface area contributed by atoms with Crippen molar-refractivity contribution < 1.29 is 48.8 Å². The molecule has 2 fully saturated rings. The van der Waals surface area contributed by atoms with Crippen molar-refractivity contribution in [3.63, 3.8) is 0 Å². The molecule has 54 heavy (non-hydrogen) atoms. The zero-order valence-corrected chi connectivity index (χ0v) is 30.2. The highest BCUT2D eigenvalue weighted by molar-refractivity contribution is 5.95. The number of carbonyl (C=O) groups is 3. The van der Waals surface area contributed by atoms with Crippen LogP contribution in [0.2, 0.25) is 0 Å². The number of hydrogen-bond acceptors (Lipinski definition) is 15. The number of benzene rings is 1. The second-order valence-corrected chi connectivity index (χ2v) is 13.3. The van der Waals surface area contributed by atoms with Gasteiger partial charge in [-0.05, 0) is 30.0 Å². The molecule has 2 saturated heterocycles. The second-order valence-electron chi connectivity index (χ2n) is 13.3. The van der Waals surface area contributed by atoms with Crippen LogP contribution in [0.5, 0.6) is 5.75 Å². The summed E-state index contributed by atoms with van der Waals surface area (Å²) in [7, 11) is 4.93. The van der Waals surface area contributed by atoms with Gasteiger partial charge in [-0.1, -0.05) is 13.0 Å². The first kappa shape index (κ1) is 39.6. The van der Waals surface area contributed by atoms with Crippen LogP contribution in [0.4, 0.5) is 21.1 Å². The van der Waals surface area contributed by atoms with E-state index in [1.165, 1.54) is 39.9 Å². The Hall–Kier alpha value is -5.62. The quantitative estimate of drug-likeness (QED) is 0.182. The monoisotopic (exact) mass is 753 g/mol. The third kappa shape index (κ3) is 8.60. The Labute approximate surface area is 309 Å². The van der Waals surface area contributed by atoms with Gasteiger partial charge in [-0.25, -0.2) is 19.6 Å². The van der Waals surface area contributed by atoms with Gasteiger partial charge in [0, 0.05) is 59.6 Å². The van der Waals surface area contributed by atoms with Crippen LogP contribution in [0.25, 0.3) is 11.0 Å². The van der Waals surface area contributed by atoms with Gasteiger partial charge >= 0.3 is 17.8 Å². The van der Waals surface area contributed by atoms with Crippen LogP contribution in [-0.4, -0.2) is 152 Å². The number of likely N-dealkylation sites (N-methyl/N-ethyl adjacent to an activating group) is 3. The number of rotatable bonds is 11. The molecule has 0 bridgehead atoms. The fourth-order valence-electron chi connectivity index (χ4n) is 6.32. The van der Waals surface area contributed by atoms with Crippen molar-refractivity contribution in [1.29, 1.82) is 5.26 Å². The van der Waals surface area contributed by atoms with Crippen molar-refractivity contribution in [2.45, 2.75) is 57.0 Å². The smallest absolute Gasteiger partial charge is 0.409 e. The number of anilines is 1. The summed E-state index contributed by atoms with van der Waals surface area (Å²) in [5.41, 5.74) is 0.133. The summed E-state index contributed by atoms with van der Waals surface area (Å²) in [6.07, 6.45) is -3.24. The fourth-order valence-corrected chi connectivity index (χ4v) is 6.32. The standard InChI is InChI=1S/C34H43N9O11/c1-20-8-11-41(27(45)7-10-35)16-24(20)40(4)30-22-9-12-42(31(22)37-19-36-30)33(48)38(2)13-14-39(3)34(49)53-17-21-5-6-26(23(15-21)43(50)51)54-32-29(47)28(46)25(44)18-52-32/h5-6,9,12,15,19-20,24-25,28-29,32,44,46-47H,7-8,11,13-14,16-18H2,1-4H3/t20-,24+,25-,28+,29-,32+/m1/s1. The van der Waals surface area contributed by atoms with Crippen molar-refractivity contribution in [2.24, 2.45) is 5.92 Å². The molecule has 3 aromatic rings. The number of aliphatic hydroxyl groups excluding tert-OH is 3. The average molecular weight is 754 g/mol. The molecule has 1 aromatic carbocycles. The Kier molecular flexibility index (Phi) is 12.5. The maximum atomic E-state index is 13.5. The van der Waals surface area contributed by atoms with Crippen molar-refractivity contribution in [3.05, 3.63) is 52.5 Å². The lowest BCUT2D eigenvalue weighted by Crippen LogP contribution is -2.54. The minimum Gasteiger partial charge on any atom is -0.455 e. The van der Waals surface area contributed by atoms with Crippen LogP contribution in [0, 0.1) is 27.4 Å². The van der Waals surface area contributed by atoms with Crippen molar-refractivity contribution >= 4 is 40.6 Å². The van der Waals surface area contributed by atoms with Crippen LogP contribution in [0.1, 0.15) is 25.3 Å².